The standard InChI is InChI=1S/C15H14ClNO2/c1-10(18)11-4-8-14(9-5-11)17-15(19)12-2-6-13(16)7-3-12/h2-10,18H,1H3,(H,17,19)/t10-/m0/s1. The summed E-state index contributed by atoms with van der Waals surface area (Å²) in [6.45, 7) is 1.70. The van der Waals surface area contributed by atoms with Gasteiger partial charge in [-0.05, 0) is 48.9 Å². The fraction of sp³-hybridized carbons (Fsp3) is 0.133. The van der Waals surface area contributed by atoms with Crippen LogP contribution in [0.25, 0.3) is 0 Å². The molecule has 2 aromatic carbocycles. The van der Waals surface area contributed by atoms with Crippen LogP contribution in [0.15, 0.2) is 48.5 Å². The lowest BCUT2D eigenvalue weighted by Gasteiger charge is -2.08. The molecule has 0 aliphatic heterocycles. The molecule has 0 radical (unpaired) electrons. The normalized spacial score (nSPS) is 11.9. The maximum atomic E-state index is 11.9. The van der Waals surface area contributed by atoms with Crippen LogP contribution < -0.4 is 5.32 Å². The van der Waals surface area contributed by atoms with Crippen LogP contribution in [0, 0.1) is 0 Å². The Hall–Kier alpha value is -1.84. The highest BCUT2D eigenvalue weighted by Crippen LogP contribution is 2.17. The Bertz CT molecular complexity index is 562. The first-order valence-corrected chi connectivity index (χ1v) is 6.29. The quantitative estimate of drug-likeness (QED) is 0.898. The predicted molar refractivity (Wildman–Crippen MR) is 76.5 cm³/mol. The number of amides is 1. The predicted octanol–water partition coefficient (Wildman–Crippen LogP) is 3.65. The monoisotopic (exact) mass is 275 g/mol. The third-order valence-corrected chi connectivity index (χ3v) is 3.01. The second kappa shape index (κ2) is 5.87. The fourth-order valence-electron chi connectivity index (χ4n) is 1.65. The highest BCUT2D eigenvalue weighted by Gasteiger charge is 2.06. The molecule has 2 aromatic rings. The first-order valence-electron chi connectivity index (χ1n) is 5.91. The molecule has 0 aromatic heterocycles. The lowest BCUT2D eigenvalue weighted by molar-refractivity contribution is 0.102. The van der Waals surface area contributed by atoms with E-state index in [0.29, 0.717) is 16.3 Å². The summed E-state index contributed by atoms with van der Waals surface area (Å²) >= 11 is 5.77. The van der Waals surface area contributed by atoms with Crippen molar-refractivity contribution in [2.45, 2.75) is 13.0 Å². The summed E-state index contributed by atoms with van der Waals surface area (Å²) in [5.41, 5.74) is 2.04. The van der Waals surface area contributed by atoms with Crippen molar-refractivity contribution in [1.29, 1.82) is 0 Å². The molecule has 2 rings (SSSR count). The number of anilines is 1. The fourth-order valence-corrected chi connectivity index (χ4v) is 1.78. The van der Waals surface area contributed by atoms with Gasteiger partial charge in [0.2, 0.25) is 0 Å². The first kappa shape index (κ1) is 13.6. The van der Waals surface area contributed by atoms with E-state index in [-0.39, 0.29) is 5.91 Å². The average Bonchev–Trinajstić information content (AvgIpc) is 2.40. The van der Waals surface area contributed by atoms with E-state index in [9.17, 15) is 9.90 Å². The molecule has 0 unspecified atom stereocenters. The number of rotatable bonds is 3. The van der Waals surface area contributed by atoms with E-state index in [1.54, 1.807) is 55.5 Å². The van der Waals surface area contributed by atoms with Crippen LogP contribution in [0.2, 0.25) is 5.02 Å². The minimum Gasteiger partial charge on any atom is -0.389 e. The van der Waals surface area contributed by atoms with Gasteiger partial charge in [-0.1, -0.05) is 23.7 Å². The van der Waals surface area contributed by atoms with Crippen molar-refractivity contribution in [2.75, 3.05) is 5.32 Å². The molecular weight excluding hydrogens is 262 g/mol. The lowest BCUT2D eigenvalue weighted by atomic mass is 10.1. The van der Waals surface area contributed by atoms with Gasteiger partial charge in [0.05, 0.1) is 6.10 Å². The molecule has 1 amide bonds. The zero-order valence-electron chi connectivity index (χ0n) is 10.4. The van der Waals surface area contributed by atoms with Gasteiger partial charge >= 0.3 is 0 Å². The molecule has 4 heteroatoms. The molecule has 0 heterocycles. The van der Waals surface area contributed by atoms with E-state index < -0.39 is 6.10 Å². The number of benzene rings is 2. The van der Waals surface area contributed by atoms with Crippen LogP contribution in [0.5, 0.6) is 0 Å². The van der Waals surface area contributed by atoms with E-state index in [1.807, 2.05) is 0 Å². The molecular formula is C15H14ClNO2. The number of hydrogen-bond donors (Lipinski definition) is 2. The van der Waals surface area contributed by atoms with E-state index in [0.717, 1.165) is 5.56 Å². The highest BCUT2D eigenvalue weighted by molar-refractivity contribution is 6.30. The number of hydrogen-bond acceptors (Lipinski definition) is 2. The van der Waals surface area contributed by atoms with Crippen molar-refractivity contribution >= 4 is 23.2 Å². The minimum absolute atomic E-state index is 0.193. The Morgan fingerprint density at radius 2 is 1.68 bits per heavy atom. The molecule has 1 atom stereocenters. The number of halogens is 1. The van der Waals surface area contributed by atoms with Crippen LogP contribution >= 0.6 is 11.6 Å². The topological polar surface area (TPSA) is 49.3 Å². The van der Waals surface area contributed by atoms with Gasteiger partial charge in [-0.25, -0.2) is 0 Å². The number of aliphatic hydroxyl groups excluding tert-OH is 1. The first-order chi connectivity index (χ1) is 9.06. The van der Waals surface area contributed by atoms with Gasteiger partial charge in [-0.2, -0.15) is 0 Å². The molecule has 0 saturated carbocycles. The summed E-state index contributed by atoms with van der Waals surface area (Å²) in [6, 6.07) is 13.8. The lowest BCUT2D eigenvalue weighted by Crippen LogP contribution is -2.11. The maximum Gasteiger partial charge on any atom is 0.255 e. The van der Waals surface area contributed by atoms with Crippen molar-refractivity contribution in [2.24, 2.45) is 0 Å². The Kier molecular flexibility index (Phi) is 4.20. The Balaban J connectivity index is 2.08. The van der Waals surface area contributed by atoms with Gasteiger partial charge < -0.3 is 10.4 Å². The Labute approximate surface area is 116 Å². The van der Waals surface area contributed by atoms with Crippen LogP contribution in [0.1, 0.15) is 28.9 Å². The van der Waals surface area contributed by atoms with Crippen molar-refractivity contribution in [3.63, 3.8) is 0 Å². The van der Waals surface area contributed by atoms with E-state index in [2.05, 4.69) is 5.32 Å². The number of nitrogens with one attached hydrogen (secondary N) is 1. The van der Waals surface area contributed by atoms with Gasteiger partial charge in [0, 0.05) is 16.3 Å². The molecule has 0 fully saturated rings. The van der Waals surface area contributed by atoms with Crippen LogP contribution in [-0.2, 0) is 0 Å². The number of aliphatic hydroxyl groups is 1. The summed E-state index contributed by atoms with van der Waals surface area (Å²) in [5, 5.41) is 12.8. The highest BCUT2D eigenvalue weighted by atomic mass is 35.5. The summed E-state index contributed by atoms with van der Waals surface area (Å²) in [5.74, 6) is -0.193. The second-order valence-electron chi connectivity index (χ2n) is 4.26. The summed E-state index contributed by atoms with van der Waals surface area (Å²) in [7, 11) is 0. The zero-order valence-corrected chi connectivity index (χ0v) is 11.2. The second-order valence-corrected chi connectivity index (χ2v) is 4.70. The SMILES string of the molecule is C[C@H](O)c1ccc(NC(=O)c2ccc(Cl)cc2)cc1. The summed E-state index contributed by atoms with van der Waals surface area (Å²) in [4.78, 5) is 11.9. The molecule has 0 saturated heterocycles. The summed E-state index contributed by atoms with van der Waals surface area (Å²) < 4.78 is 0. The third kappa shape index (κ3) is 3.56. The molecule has 0 spiro atoms. The van der Waals surface area contributed by atoms with Crippen LogP contribution in [0.3, 0.4) is 0 Å². The van der Waals surface area contributed by atoms with Crippen molar-refractivity contribution in [3.8, 4) is 0 Å². The van der Waals surface area contributed by atoms with E-state index >= 15 is 0 Å². The third-order valence-electron chi connectivity index (χ3n) is 2.76. The maximum absolute atomic E-state index is 11.9. The Morgan fingerprint density at radius 1 is 1.11 bits per heavy atom. The van der Waals surface area contributed by atoms with Gasteiger partial charge in [-0.3, -0.25) is 4.79 Å². The van der Waals surface area contributed by atoms with Crippen molar-refractivity contribution in [1.82, 2.24) is 0 Å². The van der Waals surface area contributed by atoms with E-state index in [4.69, 9.17) is 11.6 Å². The molecule has 0 bridgehead atoms. The van der Waals surface area contributed by atoms with E-state index in [1.165, 1.54) is 0 Å². The Morgan fingerprint density at radius 3 is 2.21 bits per heavy atom. The van der Waals surface area contributed by atoms with Crippen molar-refractivity contribution in [3.05, 3.63) is 64.7 Å². The molecule has 19 heavy (non-hydrogen) atoms. The van der Waals surface area contributed by atoms with Gasteiger partial charge in [-0.15, -0.1) is 0 Å². The molecule has 0 aliphatic carbocycles. The van der Waals surface area contributed by atoms with Gasteiger partial charge in [0.25, 0.3) is 5.91 Å². The molecule has 98 valence electrons. The number of carbonyl (C=O) groups is 1. The zero-order chi connectivity index (χ0) is 13.8. The minimum atomic E-state index is -0.513. The van der Waals surface area contributed by atoms with Crippen molar-refractivity contribution < 1.29 is 9.90 Å². The summed E-state index contributed by atoms with van der Waals surface area (Å²) in [6.07, 6.45) is -0.513. The molecule has 2 N–H and O–H groups in total. The molecule has 3 nitrogen and oxygen atoms in total. The molecule has 0 aliphatic rings. The number of carbonyl (C=O) groups excluding carboxylic acids is 1. The largest absolute Gasteiger partial charge is 0.389 e. The van der Waals surface area contributed by atoms with Gasteiger partial charge in [0.1, 0.15) is 0 Å². The average molecular weight is 276 g/mol. The van der Waals surface area contributed by atoms with Crippen LogP contribution in [-0.4, -0.2) is 11.0 Å². The van der Waals surface area contributed by atoms with Crippen LogP contribution in [0.4, 0.5) is 5.69 Å². The smallest absolute Gasteiger partial charge is 0.255 e. The van der Waals surface area contributed by atoms with Gasteiger partial charge in [0.15, 0.2) is 0 Å².